The molecule has 0 aromatic carbocycles. The van der Waals surface area contributed by atoms with Crippen molar-refractivity contribution in [2.45, 2.75) is 26.7 Å². The SMILES string of the molecule is Cc1cc(-c2cnc(N3CCCC3)nc2-c2ccc(C)s2)on1. The molecule has 0 saturated carbocycles. The zero-order valence-corrected chi connectivity index (χ0v) is 14.1. The summed E-state index contributed by atoms with van der Waals surface area (Å²) in [6.07, 6.45) is 4.28. The van der Waals surface area contributed by atoms with Gasteiger partial charge in [0.2, 0.25) is 5.95 Å². The van der Waals surface area contributed by atoms with Crippen LogP contribution in [0.1, 0.15) is 23.4 Å². The van der Waals surface area contributed by atoms with Crippen molar-refractivity contribution in [2.75, 3.05) is 18.0 Å². The van der Waals surface area contributed by atoms with Crippen LogP contribution in [-0.2, 0) is 0 Å². The van der Waals surface area contributed by atoms with E-state index in [0.29, 0.717) is 0 Å². The van der Waals surface area contributed by atoms with Gasteiger partial charge >= 0.3 is 0 Å². The Morgan fingerprint density at radius 1 is 1.17 bits per heavy atom. The van der Waals surface area contributed by atoms with Crippen LogP contribution in [0.25, 0.3) is 21.9 Å². The third kappa shape index (κ3) is 2.74. The largest absolute Gasteiger partial charge is 0.356 e. The average Bonchev–Trinajstić information content (AvgIpc) is 3.28. The van der Waals surface area contributed by atoms with E-state index in [1.54, 1.807) is 11.3 Å². The van der Waals surface area contributed by atoms with Crippen LogP contribution in [0.2, 0.25) is 0 Å². The summed E-state index contributed by atoms with van der Waals surface area (Å²) in [5.41, 5.74) is 2.68. The number of hydrogen-bond acceptors (Lipinski definition) is 6. The molecule has 0 spiro atoms. The van der Waals surface area contributed by atoms with Gasteiger partial charge in [-0.1, -0.05) is 5.16 Å². The Kier molecular flexibility index (Phi) is 3.61. The van der Waals surface area contributed by atoms with Gasteiger partial charge in [-0.3, -0.25) is 0 Å². The highest BCUT2D eigenvalue weighted by Crippen LogP contribution is 2.35. The number of anilines is 1. The van der Waals surface area contributed by atoms with Gasteiger partial charge in [0.05, 0.1) is 21.8 Å². The minimum Gasteiger partial charge on any atom is -0.356 e. The second kappa shape index (κ2) is 5.77. The van der Waals surface area contributed by atoms with Crippen molar-refractivity contribution in [3.63, 3.8) is 0 Å². The van der Waals surface area contributed by atoms with Gasteiger partial charge in [0.1, 0.15) is 0 Å². The predicted molar refractivity (Wildman–Crippen MR) is 91.8 cm³/mol. The molecule has 4 rings (SSSR count). The first-order valence-corrected chi connectivity index (χ1v) is 8.65. The Labute approximate surface area is 139 Å². The van der Waals surface area contributed by atoms with Crippen molar-refractivity contribution in [3.8, 4) is 21.9 Å². The van der Waals surface area contributed by atoms with E-state index in [0.717, 1.165) is 46.6 Å². The number of hydrogen-bond donors (Lipinski definition) is 0. The average molecular weight is 326 g/mol. The molecule has 5 nitrogen and oxygen atoms in total. The van der Waals surface area contributed by atoms with Crippen LogP contribution in [-0.4, -0.2) is 28.2 Å². The molecule has 0 radical (unpaired) electrons. The molecule has 0 aliphatic carbocycles. The highest BCUT2D eigenvalue weighted by atomic mass is 32.1. The fraction of sp³-hybridized carbons (Fsp3) is 0.353. The molecule has 0 atom stereocenters. The van der Waals surface area contributed by atoms with Crippen molar-refractivity contribution in [2.24, 2.45) is 0 Å². The summed E-state index contributed by atoms with van der Waals surface area (Å²) in [5, 5.41) is 4.00. The minimum atomic E-state index is 0.719. The lowest BCUT2D eigenvalue weighted by molar-refractivity contribution is 0.427. The topological polar surface area (TPSA) is 55.1 Å². The molecule has 1 fully saturated rings. The zero-order valence-electron chi connectivity index (χ0n) is 13.2. The number of nitrogens with zero attached hydrogens (tertiary/aromatic N) is 4. The molecule has 6 heteroatoms. The van der Waals surface area contributed by atoms with Crippen LogP contribution >= 0.6 is 11.3 Å². The van der Waals surface area contributed by atoms with Crippen LogP contribution in [0.15, 0.2) is 28.9 Å². The molecule has 3 aromatic heterocycles. The first-order chi connectivity index (χ1) is 11.2. The summed E-state index contributed by atoms with van der Waals surface area (Å²) in [4.78, 5) is 14.1. The fourth-order valence-electron chi connectivity index (χ4n) is 2.86. The molecule has 1 aliphatic rings. The number of rotatable bonds is 3. The highest BCUT2D eigenvalue weighted by molar-refractivity contribution is 7.15. The van der Waals surface area contributed by atoms with Gasteiger partial charge < -0.3 is 9.42 Å². The second-order valence-electron chi connectivity index (χ2n) is 5.87. The quantitative estimate of drug-likeness (QED) is 0.726. The number of aromatic nitrogens is 3. The van der Waals surface area contributed by atoms with Gasteiger partial charge in [-0.15, -0.1) is 11.3 Å². The first kappa shape index (κ1) is 14.4. The lowest BCUT2D eigenvalue weighted by Crippen LogP contribution is -2.20. The Bertz CT molecular complexity index is 833. The van der Waals surface area contributed by atoms with Gasteiger partial charge in [-0.05, 0) is 38.8 Å². The van der Waals surface area contributed by atoms with E-state index in [1.165, 1.54) is 17.7 Å². The van der Waals surface area contributed by atoms with E-state index < -0.39 is 0 Å². The van der Waals surface area contributed by atoms with E-state index in [-0.39, 0.29) is 0 Å². The lowest BCUT2D eigenvalue weighted by Gasteiger charge is -2.16. The smallest absolute Gasteiger partial charge is 0.225 e. The molecule has 0 bridgehead atoms. The maximum atomic E-state index is 5.45. The highest BCUT2D eigenvalue weighted by Gasteiger charge is 2.20. The molecule has 1 aliphatic heterocycles. The van der Waals surface area contributed by atoms with E-state index in [1.807, 2.05) is 19.2 Å². The van der Waals surface area contributed by atoms with Crippen molar-refractivity contribution < 1.29 is 4.52 Å². The summed E-state index contributed by atoms with van der Waals surface area (Å²) >= 11 is 1.74. The van der Waals surface area contributed by atoms with Gasteiger partial charge in [-0.2, -0.15) is 0 Å². The first-order valence-electron chi connectivity index (χ1n) is 7.83. The third-order valence-electron chi connectivity index (χ3n) is 4.03. The molecule has 0 N–H and O–H groups in total. The summed E-state index contributed by atoms with van der Waals surface area (Å²) in [5.74, 6) is 1.53. The Hall–Kier alpha value is -2.21. The molecule has 0 unspecified atom stereocenters. The normalized spacial score (nSPS) is 14.6. The van der Waals surface area contributed by atoms with Crippen LogP contribution < -0.4 is 4.90 Å². The van der Waals surface area contributed by atoms with Crippen molar-refractivity contribution >= 4 is 17.3 Å². The molecule has 1 saturated heterocycles. The standard InChI is InChI=1S/C17H18N4OS/c1-11-9-14(22-20-11)13-10-18-17(21-7-3-4-8-21)19-16(13)15-6-5-12(2)23-15/h5-6,9-10H,3-4,7-8H2,1-2H3. The number of aryl methyl sites for hydroxylation is 2. The Balaban J connectivity index is 1.84. The fourth-order valence-corrected chi connectivity index (χ4v) is 3.73. The van der Waals surface area contributed by atoms with E-state index in [9.17, 15) is 0 Å². The second-order valence-corrected chi connectivity index (χ2v) is 7.16. The summed E-state index contributed by atoms with van der Waals surface area (Å²) in [7, 11) is 0. The molecular formula is C17H18N4OS. The third-order valence-corrected chi connectivity index (χ3v) is 5.04. The maximum Gasteiger partial charge on any atom is 0.225 e. The van der Waals surface area contributed by atoms with Gasteiger partial charge in [0.25, 0.3) is 0 Å². The van der Waals surface area contributed by atoms with Crippen LogP contribution in [0, 0.1) is 13.8 Å². The van der Waals surface area contributed by atoms with Crippen molar-refractivity contribution in [1.82, 2.24) is 15.1 Å². The minimum absolute atomic E-state index is 0.719. The van der Waals surface area contributed by atoms with Crippen LogP contribution in [0.3, 0.4) is 0 Å². The van der Waals surface area contributed by atoms with Gasteiger partial charge in [0, 0.05) is 30.2 Å². The van der Waals surface area contributed by atoms with Crippen LogP contribution in [0.5, 0.6) is 0 Å². The molecule has 118 valence electrons. The van der Waals surface area contributed by atoms with E-state index >= 15 is 0 Å². The lowest BCUT2D eigenvalue weighted by atomic mass is 10.1. The van der Waals surface area contributed by atoms with E-state index in [4.69, 9.17) is 9.51 Å². The van der Waals surface area contributed by atoms with Gasteiger partial charge in [-0.25, -0.2) is 9.97 Å². The Morgan fingerprint density at radius 3 is 2.65 bits per heavy atom. The summed E-state index contributed by atoms with van der Waals surface area (Å²) in [6.45, 7) is 6.09. The molecule has 4 heterocycles. The van der Waals surface area contributed by atoms with Crippen LogP contribution in [0.4, 0.5) is 5.95 Å². The molecule has 23 heavy (non-hydrogen) atoms. The van der Waals surface area contributed by atoms with Crippen molar-refractivity contribution in [3.05, 3.63) is 35.0 Å². The Morgan fingerprint density at radius 2 is 2.00 bits per heavy atom. The molecule has 3 aromatic rings. The maximum absolute atomic E-state index is 5.45. The molecule has 0 amide bonds. The zero-order chi connectivity index (χ0) is 15.8. The number of thiophene rings is 1. The summed E-state index contributed by atoms with van der Waals surface area (Å²) in [6, 6.07) is 6.16. The predicted octanol–water partition coefficient (Wildman–Crippen LogP) is 4.08. The van der Waals surface area contributed by atoms with E-state index in [2.05, 4.69) is 34.1 Å². The monoisotopic (exact) mass is 326 g/mol. The molecular weight excluding hydrogens is 308 g/mol. The summed E-state index contributed by atoms with van der Waals surface area (Å²) < 4.78 is 5.45. The van der Waals surface area contributed by atoms with Crippen molar-refractivity contribution in [1.29, 1.82) is 0 Å². The van der Waals surface area contributed by atoms with Gasteiger partial charge in [0.15, 0.2) is 5.76 Å².